The Balaban J connectivity index is 0.00000312. The molecule has 0 saturated carbocycles. The van der Waals surface area contributed by atoms with E-state index < -0.39 is 0 Å². The molecule has 0 aliphatic rings. The molecule has 25 heavy (non-hydrogen) atoms. The molecule has 0 amide bonds. The lowest BCUT2D eigenvalue weighted by molar-refractivity contribution is 0.290. The van der Waals surface area contributed by atoms with Gasteiger partial charge in [-0.15, -0.1) is 24.0 Å². The maximum Gasteiger partial charge on any atom is 0.218 e. The summed E-state index contributed by atoms with van der Waals surface area (Å²) in [4.78, 5) is 8.96. The van der Waals surface area contributed by atoms with Crippen molar-refractivity contribution in [2.75, 3.05) is 13.1 Å². The van der Waals surface area contributed by atoms with Crippen molar-refractivity contribution >= 4 is 29.9 Å². The van der Waals surface area contributed by atoms with Gasteiger partial charge in [0.2, 0.25) is 5.88 Å². The first kappa shape index (κ1) is 21.2. The van der Waals surface area contributed by atoms with E-state index in [-0.39, 0.29) is 24.0 Å². The third-order valence-electron chi connectivity index (χ3n) is 3.36. The number of hydrogen-bond acceptors (Lipinski definition) is 3. The molecule has 2 aromatic rings. The van der Waals surface area contributed by atoms with Crippen LogP contribution in [0, 0.1) is 0 Å². The van der Waals surface area contributed by atoms with E-state index >= 15 is 0 Å². The van der Waals surface area contributed by atoms with E-state index in [1.807, 2.05) is 42.5 Å². The highest BCUT2D eigenvalue weighted by molar-refractivity contribution is 14.0. The minimum Gasteiger partial charge on any atom is -0.473 e. The normalized spacial score (nSPS) is 10.7. The molecule has 0 atom stereocenters. The molecule has 0 unspecified atom stereocenters. The zero-order valence-corrected chi connectivity index (χ0v) is 17.2. The van der Waals surface area contributed by atoms with Gasteiger partial charge in [0.15, 0.2) is 5.96 Å². The Kier molecular flexibility index (Phi) is 10.6. The first-order valence-electron chi connectivity index (χ1n) is 8.46. The van der Waals surface area contributed by atoms with E-state index in [4.69, 9.17) is 4.74 Å². The lowest BCUT2D eigenvalue weighted by atomic mass is 10.2. The van der Waals surface area contributed by atoms with Crippen molar-refractivity contribution < 1.29 is 4.74 Å². The summed E-state index contributed by atoms with van der Waals surface area (Å²) in [6.45, 7) is 6.95. The molecular weight excluding hydrogens is 427 g/mol. The Bertz CT molecular complexity index is 634. The van der Waals surface area contributed by atoms with Gasteiger partial charge in [0.1, 0.15) is 6.61 Å². The average Bonchev–Trinajstić information content (AvgIpc) is 2.64. The van der Waals surface area contributed by atoms with Crippen molar-refractivity contribution in [2.24, 2.45) is 4.99 Å². The summed E-state index contributed by atoms with van der Waals surface area (Å²) in [5, 5.41) is 6.54. The van der Waals surface area contributed by atoms with Crippen LogP contribution in [0.2, 0.25) is 0 Å². The molecule has 2 rings (SSSR count). The minimum absolute atomic E-state index is 0. The van der Waals surface area contributed by atoms with Crippen LogP contribution in [0.25, 0.3) is 0 Å². The third-order valence-corrected chi connectivity index (χ3v) is 3.36. The molecule has 2 N–H and O–H groups in total. The highest BCUT2D eigenvalue weighted by Gasteiger charge is 2.05. The van der Waals surface area contributed by atoms with Gasteiger partial charge < -0.3 is 15.4 Å². The topological polar surface area (TPSA) is 58.5 Å². The molecule has 0 fully saturated rings. The van der Waals surface area contributed by atoms with Gasteiger partial charge >= 0.3 is 0 Å². The molecule has 136 valence electrons. The zero-order chi connectivity index (χ0) is 17.0. The summed E-state index contributed by atoms with van der Waals surface area (Å²) >= 11 is 0. The largest absolute Gasteiger partial charge is 0.473 e. The van der Waals surface area contributed by atoms with Gasteiger partial charge in [0.25, 0.3) is 0 Å². The Labute approximate surface area is 167 Å². The Morgan fingerprint density at radius 3 is 2.60 bits per heavy atom. The van der Waals surface area contributed by atoms with Crippen LogP contribution in [-0.4, -0.2) is 24.0 Å². The number of nitrogens with one attached hydrogen (secondary N) is 2. The van der Waals surface area contributed by atoms with E-state index in [0.29, 0.717) is 19.0 Å². The number of nitrogens with zero attached hydrogens (tertiary/aromatic N) is 2. The van der Waals surface area contributed by atoms with E-state index in [2.05, 4.69) is 34.5 Å². The molecule has 0 aliphatic heterocycles. The number of benzene rings is 1. The Hall–Kier alpha value is -1.83. The molecule has 1 aromatic carbocycles. The first-order valence-corrected chi connectivity index (χ1v) is 8.46. The number of rotatable bonds is 8. The number of aromatic nitrogens is 1. The van der Waals surface area contributed by atoms with Crippen LogP contribution in [-0.2, 0) is 13.2 Å². The summed E-state index contributed by atoms with van der Waals surface area (Å²) < 4.78 is 5.88. The lowest BCUT2D eigenvalue weighted by Crippen LogP contribution is -2.37. The van der Waals surface area contributed by atoms with Crippen molar-refractivity contribution in [1.82, 2.24) is 15.6 Å². The van der Waals surface area contributed by atoms with Gasteiger partial charge in [-0.05, 0) is 25.0 Å². The maximum atomic E-state index is 5.88. The van der Waals surface area contributed by atoms with E-state index in [1.165, 1.54) is 0 Å². The fraction of sp³-hybridized carbons (Fsp3) is 0.368. The van der Waals surface area contributed by atoms with Gasteiger partial charge in [0, 0.05) is 24.8 Å². The van der Waals surface area contributed by atoms with Crippen molar-refractivity contribution in [1.29, 1.82) is 0 Å². The van der Waals surface area contributed by atoms with E-state index in [9.17, 15) is 0 Å². The van der Waals surface area contributed by atoms with Crippen LogP contribution in [0.15, 0.2) is 53.7 Å². The molecule has 0 saturated heterocycles. The van der Waals surface area contributed by atoms with Crippen molar-refractivity contribution in [2.45, 2.75) is 33.4 Å². The molecule has 1 heterocycles. The van der Waals surface area contributed by atoms with Crippen LogP contribution < -0.4 is 15.4 Å². The Morgan fingerprint density at radius 2 is 1.88 bits per heavy atom. The number of halogens is 1. The second-order valence-corrected chi connectivity index (χ2v) is 5.36. The fourth-order valence-corrected chi connectivity index (χ4v) is 2.15. The number of guanidine groups is 1. The number of pyridine rings is 1. The van der Waals surface area contributed by atoms with E-state index in [1.54, 1.807) is 6.20 Å². The van der Waals surface area contributed by atoms with Crippen molar-refractivity contribution in [3.05, 3.63) is 59.8 Å². The van der Waals surface area contributed by atoms with Crippen LogP contribution in [0.5, 0.6) is 5.88 Å². The first-order chi connectivity index (χ1) is 11.8. The quantitative estimate of drug-likeness (QED) is 0.363. The lowest BCUT2D eigenvalue weighted by Gasteiger charge is -2.12. The van der Waals surface area contributed by atoms with Gasteiger partial charge in [-0.3, -0.25) is 0 Å². The minimum atomic E-state index is 0. The molecule has 6 heteroatoms. The van der Waals surface area contributed by atoms with Gasteiger partial charge in [-0.1, -0.05) is 43.3 Å². The molecule has 0 aliphatic carbocycles. The summed E-state index contributed by atoms with van der Waals surface area (Å²) in [6, 6.07) is 14.0. The van der Waals surface area contributed by atoms with Gasteiger partial charge in [0.05, 0.1) is 6.54 Å². The van der Waals surface area contributed by atoms with Gasteiger partial charge in [-0.25, -0.2) is 9.98 Å². The van der Waals surface area contributed by atoms with E-state index in [0.717, 1.165) is 36.6 Å². The molecule has 0 radical (unpaired) electrons. The standard InChI is InChI=1S/C19H26N4O.HI/c1-3-12-22-19(20-4-2)23-14-17-11-8-13-21-18(17)24-15-16-9-6-5-7-10-16;/h5-11,13H,3-4,12,14-15H2,1-2H3,(H2,20,22,23);1H. The average molecular weight is 454 g/mol. The molecule has 0 bridgehead atoms. The van der Waals surface area contributed by atoms with Crippen molar-refractivity contribution in [3.63, 3.8) is 0 Å². The fourth-order valence-electron chi connectivity index (χ4n) is 2.15. The smallest absolute Gasteiger partial charge is 0.218 e. The number of hydrogen-bond donors (Lipinski definition) is 2. The molecule has 1 aromatic heterocycles. The predicted molar refractivity (Wildman–Crippen MR) is 114 cm³/mol. The number of aliphatic imine (C=N–C) groups is 1. The maximum absolute atomic E-state index is 5.88. The number of ether oxygens (including phenoxy) is 1. The molecule has 0 spiro atoms. The third kappa shape index (κ3) is 7.72. The van der Waals surface area contributed by atoms with Crippen LogP contribution in [0.3, 0.4) is 0 Å². The molecule has 5 nitrogen and oxygen atoms in total. The summed E-state index contributed by atoms with van der Waals surface area (Å²) in [6.07, 6.45) is 2.80. The van der Waals surface area contributed by atoms with Crippen molar-refractivity contribution in [3.8, 4) is 5.88 Å². The summed E-state index contributed by atoms with van der Waals surface area (Å²) in [5.41, 5.74) is 2.10. The monoisotopic (exact) mass is 454 g/mol. The van der Waals surface area contributed by atoms with Gasteiger partial charge in [-0.2, -0.15) is 0 Å². The van der Waals surface area contributed by atoms with Crippen LogP contribution in [0.1, 0.15) is 31.4 Å². The van der Waals surface area contributed by atoms with Crippen LogP contribution in [0.4, 0.5) is 0 Å². The van der Waals surface area contributed by atoms with Crippen LogP contribution >= 0.6 is 24.0 Å². The Morgan fingerprint density at radius 1 is 1.08 bits per heavy atom. The zero-order valence-electron chi connectivity index (χ0n) is 14.9. The highest BCUT2D eigenvalue weighted by atomic mass is 127. The summed E-state index contributed by atoms with van der Waals surface area (Å²) in [7, 11) is 0. The second-order valence-electron chi connectivity index (χ2n) is 5.36. The summed E-state index contributed by atoms with van der Waals surface area (Å²) in [5.74, 6) is 1.45. The SMILES string of the molecule is CCCNC(=NCc1cccnc1OCc1ccccc1)NCC.I. The highest BCUT2D eigenvalue weighted by Crippen LogP contribution is 2.17. The predicted octanol–water partition coefficient (Wildman–Crippen LogP) is 3.74. The molecular formula is C19H27IN4O. The second kappa shape index (κ2) is 12.5.